The van der Waals surface area contributed by atoms with Crippen LogP contribution >= 0.6 is 0 Å². The van der Waals surface area contributed by atoms with E-state index in [0.717, 1.165) is 91.9 Å². The number of nitrogens with one attached hydrogen (secondary N) is 2. The molecule has 0 unspecified atom stereocenters. The van der Waals surface area contributed by atoms with Crippen LogP contribution in [0.25, 0.3) is 0 Å². The largest absolute Gasteiger partial charge is 0.379 e. The zero-order chi connectivity index (χ0) is 18.2. The summed E-state index contributed by atoms with van der Waals surface area (Å²) in [4.78, 5) is 5.01. The molecule has 6 heteroatoms. The second-order valence-electron chi connectivity index (χ2n) is 7.26. The Bertz CT molecular complexity index is 295. The molecule has 0 aromatic rings. The molecule has 1 saturated heterocycles. The van der Waals surface area contributed by atoms with Crippen LogP contribution < -0.4 is 10.6 Å². The van der Waals surface area contributed by atoms with E-state index >= 15 is 0 Å². The smallest absolute Gasteiger partial charge is 0.0594 e. The highest BCUT2D eigenvalue weighted by Crippen LogP contribution is 2.01. The Morgan fingerprint density at radius 3 is 1.80 bits per heavy atom. The van der Waals surface area contributed by atoms with Gasteiger partial charge < -0.3 is 20.1 Å². The second-order valence-corrected chi connectivity index (χ2v) is 7.26. The van der Waals surface area contributed by atoms with Crippen molar-refractivity contribution in [2.75, 3.05) is 91.9 Å². The molecular weight excluding hydrogens is 316 g/mol. The summed E-state index contributed by atoms with van der Waals surface area (Å²) >= 11 is 0. The Kier molecular flexibility index (Phi) is 14.6. The van der Waals surface area contributed by atoms with Crippen molar-refractivity contribution in [3.05, 3.63) is 0 Å². The summed E-state index contributed by atoms with van der Waals surface area (Å²) in [6.45, 7) is 20.7. The molecule has 0 aliphatic carbocycles. The first-order chi connectivity index (χ1) is 12.2. The van der Waals surface area contributed by atoms with Gasteiger partial charge in [0.2, 0.25) is 0 Å². The maximum atomic E-state index is 5.72. The predicted molar refractivity (Wildman–Crippen MR) is 110 cm³/mol. The van der Waals surface area contributed by atoms with Crippen LogP contribution in [-0.4, -0.2) is 102 Å². The first-order valence-electron chi connectivity index (χ1n) is 10.2. The van der Waals surface area contributed by atoms with Gasteiger partial charge in [0.05, 0.1) is 26.4 Å². The highest BCUT2D eigenvalue weighted by atomic mass is 16.5. The van der Waals surface area contributed by atoms with Crippen LogP contribution in [0.3, 0.4) is 0 Å². The van der Waals surface area contributed by atoms with Crippen molar-refractivity contribution in [1.82, 2.24) is 20.4 Å². The molecule has 25 heavy (non-hydrogen) atoms. The molecule has 0 saturated carbocycles. The summed E-state index contributed by atoms with van der Waals surface area (Å²) in [5.41, 5.74) is 0. The summed E-state index contributed by atoms with van der Waals surface area (Å²) in [5.74, 6) is 0.708. The Labute approximate surface area is 158 Å². The fraction of sp³-hybridized carbons (Fsp3) is 1.00. The van der Waals surface area contributed by atoms with Gasteiger partial charge in [-0.25, -0.2) is 0 Å². The molecule has 1 aliphatic rings. The van der Waals surface area contributed by atoms with Crippen molar-refractivity contribution in [2.24, 2.45) is 5.92 Å². The van der Waals surface area contributed by atoms with E-state index in [-0.39, 0.29) is 2.85 Å². The van der Waals surface area contributed by atoms with Crippen LogP contribution in [0.5, 0.6) is 0 Å². The minimum absolute atomic E-state index is 0. The molecule has 0 atom stereocenters. The second kappa shape index (κ2) is 16.0. The number of piperazine rings is 1. The predicted octanol–water partition coefficient (Wildman–Crippen LogP) is 1.37. The van der Waals surface area contributed by atoms with Crippen molar-refractivity contribution in [3.63, 3.8) is 0 Å². The van der Waals surface area contributed by atoms with Crippen LogP contribution in [0.4, 0.5) is 0 Å². The third kappa shape index (κ3) is 13.6. The molecule has 1 heterocycles. The molecule has 0 aromatic heterocycles. The standard InChI is InChI=1S/C19H42N4O2.2H2/c1-4-5-20-6-14-24-16-12-22-8-10-23(11-9-22)13-17-25-15-7-21-18-19(2)3;;/h19-21H,4-18H2,1-3H3;2*1H. The van der Waals surface area contributed by atoms with E-state index in [2.05, 4.69) is 41.2 Å². The topological polar surface area (TPSA) is 49.0 Å². The maximum absolute atomic E-state index is 5.72. The van der Waals surface area contributed by atoms with Gasteiger partial charge in [0.1, 0.15) is 0 Å². The fourth-order valence-corrected chi connectivity index (χ4v) is 2.81. The van der Waals surface area contributed by atoms with Crippen LogP contribution in [0.1, 0.15) is 30.0 Å². The monoisotopic (exact) mass is 362 g/mol. The van der Waals surface area contributed by atoms with Crippen molar-refractivity contribution in [2.45, 2.75) is 27.2 Å². The fourth-order valence-electron chi connectivity index (χ4n) is 2.81. The van der Waals surface area contributed by atoms with Gasteiger partial charge in [0.25, 0.3) is 0 Å². The number of hydrogen-bond acceptors (Lipinski definition) is 6. The molecule has 1 fully saturated rings. The van der Waals surface area contributed by atoms with Crippen molar-refractivity contribution >= 4 is 0 Å². The lowest BCUT2D eigenvalue weighted by molar-refractivity contribution is 0.0578. The molecule has 2 N–H and O–H groups in total. The summed E-state index contributed by atoms with van der Waals surface area (Å²) in [5, 5.41) is 6.76. The van der Waals surface area contributed by atoms with Gasteiger partial charge in [-0.05, 0) is 25.4 Å². The van der Waals surface area contributed by atoms with Crippen molar-refractivity contribution < 1.29 is 12.3 Å². The Balaban J connectivity index is 0. The van der Waals surface area contributed by atoms with Gasteiger partial charge in [0.15, 0.2) is 0 Å². The lowest BCUT2D eigenvalue weighted by Crippen LogP contribution is -2.48. The van der Waals surface area contributed by atoms with Crippen LogP contribution in [0.2, 0.25) is 0 Å². The molecule has 0 bridgehead atoms. The Morgan fingerprint density at radius 1 is 0.800 bits per heavy atom. The van der Waals surface area contributed by atoms with Gasteiger partial charge in [-0.15, -0.1) is 0 Å². The van der Waals surface area contributed by atoms with E-state index in [1.807, 2.05) is 0 Å². The normalized spacial score (nSPS) is 16.8. The van der Waals surface area contributed by atoms with E-state index in [1.54, 1.807) is 0 Å². The molecule has 0 amide bonds. The highest BCUT2D eigenvalue weighted by molar-refractivity contribution is 4.71. The quantitative estimate of drug-likeness (QED) is 0.405. The maximum Gasteiger partial charge on any atom is 0.0594 e. The van der Waals surface area contributed by atoms with Gasteiger partial charge in [-0.2, -0.15) is 0 Å². The molecule has 6 nitrogen and oxygen atoms in total. The highest BCUT2D eigenvalue weighted by Gasteiger charge is 2.15. The molecule has 1 rings (SSSR count). The molecule has 1 aliphatic heterocycles. The number of rotatable bonds is 16. The Morgan fingerprint density at radius 2 is 1.32 bits per heavy atom. The van der Waals surface area contributed by atoms with Crippen molar-refractivity contribution in [3.8, 4) is 0 Å². The first kappa shape index (κ1) is 22.8. The molecule has 0 radical (unpaired) electrons. The van der Waals surface area contributed by atoms with Gasteiger partial charge in [0, 0.05) is 55.2 Å². The van der Waals surface area contributed by atoms with Crippen LogP contribution in [0, 0.1) is 5.92 Å². The van der Waals surface area contributed by atoms with Crippen molar-refractivity contribution in [1.29, 1.82) is 0 Å². The summed E-state index contributed by atoms with van der Waals surface area (Å²) < 4.78 is 11.4. The van der Waals surface area contributed by atoms with Gasteiger partial charge in [-0.1, -0.05) is 20.8 Å². The van der Waals surface area contributed by atoms with E-state index < -0.39 is 0 Å². The zero-order valence-electron chi connectivity index (χ0n) is 16.9. The first-order valence-corrected chi connectivity index (χ1v) is 10.2. The zero-order valence-corrected chi connectivity index (χ0v) is 16.9. The number of ether oxygens (including phenoxy) is 2. The lowest BCUT2D eigenvalue weighted by atomic mass is 10.2. The third-order valence-electron chi connectivity index (χ3n) is 4.39. The third-order valence-corrected chi connectivity index (χ3v) is 4.39. The van der Waals surface area contributed by atoms with E-state index in [9.17, 15) is 0 Å². The lowest BCUT2D eigenvalue weighted by Gasteiger charge is -2.34. The average molecular weight is 363 g/mol. The van der Waals surface area contributed by atoms with Gasteiger partial charge >= 0.3 is 0 Å². The average Bonchev–Trinajstić information content (AvgIpc) is 2.61. The van der Waals surface area contributed by atoms with Crippen LogP contribution in [0.15, 0.2) is 0 Å². The minimum Gasteiger partial charge on any atom is -0.379 e. The molecule has 0 spiro atoms. The summed E-state index contributed by atoms with van der Waals surface area (Å²) in [6.07, 6.45) is 1.18. The molecular formula is C19H46N4O2. The van der Waals surface area contributed by atoms with Crippen LogP contribution in [-0.2, 0) is 9.47 Å². The SMILES string of the molecule is CCCNCCOCCN1CCN(CCOCCNCC(C)C)CC1.[HH].[HH]. The van der Waals surface area contributed by atoms with Gasteiger partial charge in [-0.3, -0.25) is 9.80 Å². The molecule has 0 aromatic carbocycles. The summed E-state index contributed by atoms with van der Waals surface area (Å²) in [7, 11) is 0. The van der Waals surface area contributed by atoms with E-state index in [4.69, 9.17) is 9.47 Å². The van der Waals surface area contributed by atoms with E-state index in [1.165, 1.54) is 6.42 Å². The van der Waals surface area contributed by atoms with E-state index in [0.29, 0.717) is 5.92 Å². The number of nitrogens with zero attached hydrogens (tertiary/aromatic N) is 2. The minimum atomic E-state index is 0. The number of hydrogen-bond donors (Lipinski definition) is 2. The Hall–Kier alpha value is -0.240. The molecule has 154 valence electrons. The summed E-state index contributed by atoms with van der Waals surface area (Å²) in [6, 6.07) is 0.